The molecule has 0 radical (unpaired) electrons. The lowest BCUT2D eigenvalue weighted by molar-refractivity contribution is 0.285. The maximum Gasteiger partial charge on any atom is 0.191 e. The minimum absolute atomic E-state index is 0.259. The second-order valence-corrected chi connectivity index (χ2v) is 14.1. The Labute approximate surface area is 123 Å². The molecule has 0 unspecified atom stereocenters. The Kier molecular flexibility index (Phi) is 7.13. The summed E-state index contributed by atoms with van der Waals surface area (Å²) in [5.41, 5.74) is 0. The minimum atomic E-state index is -1.62. The second-order valence-electron chi connectivity index (χ2n) is 7.40. The first-order valence-electron chi connectivity index (χ1n) is 6.96. The molecule has 0 aliphatic carbocycles. The van der Waals surface area contributed by atoms with E-state index in [0.29, 0.717) is 0 Å². The molecule has 0 aromatic heterocycles. The van der Waals surface area contributed by atoms with Crippen LogP contribution in [0.2, 0.25) is 18.1 Å². The Bertz CT molecular complexity index is 327. The van der Waals surface area contributed by atoms with Crippen LogP contribution in [0, 0.1) is 0 Å². The maximum absolute atomic E-state index is 11.7. The quantitative estimate of drug-likeness (QED) is 0.416. The Morgan fingerprint density at radius 1 is 1.16 bits per heavy atom. The molecule has 0 aromatic carbocycles. The molecule has 1 atom stereocenters. The van der Waals surface area contributed by atoms with E-state index < -0.39 is 19.3 Å². The van der Waals surface area contributed by atoms with Crippen molar-refractivity contribution in [2.45, 2.75) is 77.3 Å². The predicted molar refractivity (Wildman–Crippen MR) is 88.8 cm³/mol. The van der Waals surface area contributed by atoms with E-state index in [1.54, 1.807) is 6.21 Å². The highest BCUT2D eigenvalue weighted by Crippen LogP contribution is 2.36. The van der Waals surface area contributed by atoms with E-state index in [0.717, 1.165) is 19.4 Å². The Balaban J connectivity index is 3.96. The van der Waals surface area contributed by atoms with Gasteiger partial charge in [-0.1, -0.05) is 20.8 Å². The lowest BCUT2D eigenvalue weighted by Crippen LogP contribution is -2.40. The molecule has 5 heteroatoms. The third kappa shape index (κ3) is 7.37. The fourth-order valence-electron chi connectivity index (χ4n) is 0.997. The van der Waals surface area contributed by atoms with Gasteiger partial charge in [0.15, 0.2) is 8.32 Å². The molecule has 0 N–H and O–H groups in total. The molecule has 0 saturated carbocycles. The summed E-state index contributed by atoms with van der Waals surface area (Å²) in [6, 6.07) is 0. The average molecular weight is 306 g/mol. The Hall–Kier alpha value is -0.00312. The zero-order valence-electron chi connectivity index (χ0n) is 13.9. The number of unbranched alkanes of at least 4 members (excludes halogenated alkanes) is 1. The second kappa shape index (κ2) is 7.13. The minimum Gasteiger partial charge on any atom is -0.417 e. The van der Waals surface area contributed by atoms with Crippen LogP contribution >= 0.6 is 0 Å². The van der Waals surface area contributed by atoms with Crippen molar-refractivity contribution in [3.05, 3.63) is 0 Å². The van der Waals surface area contributed by atoms with Gasteiger partial charge in [0.05, 0.1) is 4.75 Å². The van der Waals surface area contributed by atoms with Crippen LogP contribution in [0.25, 0.3) is 0 Å². The van der Waals surface area contributed by atoms with E-state index in [4.69, 9.17) is 4.43 Å². The monoisotopic (exact) mass is 305 g/mol. The highest BCUT2D eigenvalue weighted by atomic mass is 32.2. The fourth-order valence-corrected chi connectivity index (χ4v) is 2.64. The smallest absolute Gasteiger partial charge is 0.191 e. The van der Waals surface area contributed by atoms with Crippen LogP contribution in [0.1, 0.15) is 54.4 Å². The van der Waals surface area contributed by atoms with Gasteiger partial charge in [-0.2, -0.15) is 4.40 Å². The van der Waals surface area contributed by atoms with Crippen molar-refractivity contribution in [2.75, 3.05) is 6.61 Å². The number of nitrogens with zero attached hydrogens (tertiary/aromatic N) is 1. The van der Waals surface area contributed by atoms with Crippen LogP contribution < -0.4 is 0 Å². The standard InChI is InChI=1S/C14H31NO2SSi/c1-13(2,3)18(16)15-11-9-10-12-17-19(7,8)14(4,5)6/h11H,9-10,12H2,1-8H3/b15-11-/t18-/m0/s1. The molecular formula is C14H31NO2SSi. The maximum atomic E-state index is 11.7. The van der Waals surface area contributed by atoms with Crippen molar-refractivity contribution in [3.8, 4) is 0 Å². The van der Waals surface area contributed by atoms with Crippen molar-refractivity contribution in [1.82, 2.24) is 0 Å². The summed E-state index contributed by atoms with van der Waals surface area (Å²) in [5.74, 6) is 0. The SMILES string of the molecule is CC(C)(C)[S@](=O)/N=C\CCCO[Si](C)(C)C(C)(C)C. The van der Waals surface area contributed by atoms with Crippen LogP contribution in [0.5, 0.6) is 0 Å². The zero-order valence-corrected chi connectivity index (χ0v) is 15.7. The highest BCUT2D eigenvalue weighted by Gasteiger charge is 2.36. The molecule has 0 amide bonds. The predicted octanol–water partition coefficient (Wildman–Crippen LogP) is 4.32. The first-order chi connectivity index (χ1) is 8.38. The summed E-state index contributed by atoms with van der Waals surface area (Å²) in [6.07, 6.45) is 3.55. The van der Waals surface area contributed by atoms with Crippen molar-refractivity contribution in [1.29, 1.82) is 0 Å². The summed E-state index contributed by atoms with van der Waals surface area (Å²) < 4.78 is 21.6. The molecule has 0 fully saturated rings. The molecule has 0 aromatic rings. The normalized spacial score (nSPS) is 16.0. The molecule has 0 rings (SSSR count). The number of rotatable bonds is 6. The molecule has 0 aliphatic heterocycles. The summed E-state index contributed by atoms with van der Waals surface area (Å²) in [4.78, 5) is 0. The van der Waals surface area contributed by atoms with Crippen LogP contribution in [0.4, 0.5) is 0 Å². The van der Waals surface area contributed by atoms with Crippen LogP contribution in [0.15, 0.2) is 4.40 Å². The summed E-state index contributed by atoms with van der Waals surface area (Å²) in [5, 5.41) is 0.259. The number of hydrogen-bond acceptors (Lipinski definition) is 2. The van der Waals surface area contributed by atoms with Gasteiger partial charge in [0.25, 0.3) is 0 Å². The molecule has 0 saturated heterocycles. The molecule has 0 aliphatic rings. The van der Waals surface area contributed by atoms with Gasteiger partial charge in [0.2, 0.25) is 0 Å². The lowest BCUT2D eigenvalue weighted by Gasteiger charge is -2.36. The van der Waals surface area contributed by atoms with Gasteiger partial charge in [-0.3, -0.25) is 0 Å². The van der Waals surface area contributed by atoms with Gasteiger partial charge >= 0.3 is 0 Å². The Morgan fingerprint density at radius 2 is 1.68 bits per heavy atom. The summed E-state index contributed by atoms with van der Waals surface area (Å²) in [6.45, 7) is 17.8. The molecule has 0 spiro atoms. The third-order valence-corrected chi connectivity index (χ3v) is 9.37. The van der Waals surface area contributed by atoms with Crippen molar-refractivity contribution in [3.63, 3.8) is 0 Å². The van der Waals surface area contributed by atoms with Gasteiger partial charge in [-0.25, -0.2) is 4.21 Å². The van der Waals surface area contributed by atoms with E-state index in [9.17, 15) is 4.21 Å². The van der Waals surface area contributed by atoms with Crippen LogP contribution in [0.3, 0.4) is 0 Å². The van der Waals surface area contributed by atoms with E-state index in [1.807, 2.05) is 20.8 Å². The molecule has 114 valence electrons. The molecule has 0 heterocycles. The largest absolute Gasteiger partial charge is 0.417 e. The third-order valence-electron chi connectivity index (χ3n) is 3.44. The molecule has 0 bridgehead atoms. The van der Waals surface area contributed by atoms with Crippen LogP contribution in [-0.2, 0) is 15.4 Å². The summed E-state index contributed by atoms with van der Waals surface area (Å²) >= 11 is 0. The molecular weight excluding hydrogens is 274 g/mol. The van der Waals surface area contributed by atoms with Gasteiger partial charge in [-0.05, 0) is 51.7 Å². The summed E-state index contributed by atoms with van der Waals surface area (Å²) in [7, 11) is -2.76. The molecule has 19 heavy (non-hydrogen) atoms. The Morgan fingerprint density at radius 3 is 2.11 bits per heavy atom. The molecule has 3 nitrogen and oxygen atoms in total. The van der Waals surface area contributed by atoms with E-state index in [2.05, 4.69) is 38.3 Å². The first kappa shape index (κ1) is 19.0. The van der Waals surface area contributed by atoms with E-state index in [-0.39, 0.29) is 9.79 Å². The first-order valence-corrected chi connectivity index (χ1v) is 11.0. The zero-order chi connectivity index (χ0) is 15.3. The van der Waals surface area contributed by atoms with Gasteiger partial charge in [0, 0.05) is 12.8 Å². The van der Waals surface area contributed by atoms with E-state index >= 15 is 0 Å². The van der Waals surface area contributed by atoms with E-state index in [1.165, 1.54) is 0 Å². The van der Waals surface area contributed by atoms with Crippen molar-refractivity contribution < 1.29 is 8.63 Å². The van der Waals surface area contributed by atoms with Gasteiger partial charge in [-0.15, -0.1) is 0 Å². The van der Waals surface area contributed by atoms with Gasteiger partial charge in [0.1, 0.15) is 11.0 Å². The van der Waals surface area contributed by atoms with Crippen molar-refractivity contribution in [2.24, 2.45) is 4.40 Å². The lowest BCUT2D eigenvalue weighted by atomic mass is 10.2. The average Bonchev–Trinajstić information content (AvgIpc) is 2.19. The van der Waals surface area contributed by atoms with Crippen LogP contribution in [-0.4, -0.2) is 30.1 Å². The van der Waals surface area contributed by atoms with Gasteiger partial charge < -0.3 is 4.43 Å². The highest BCUT2D eigenvalue weighted by molar-refractivity contribution is 7.85. The fraction of sp³-hybridized carbons (Fsp3) is 0.929. The topological polar surface area (TPSA) is 38.7 Å². The van der Waals surface area contributed by atoms with Crippen molar-refractivity contribution >= 4 is 25.5 Å². The number of hydrogen-bond donors (Lipinski definition) is 0.